The van der Waals surface area contributed by atoms with Gasteiger partial charge in [-0.3, -0.25) is 0 Å². The highest BCUT2D eigenvalue weighted by atomic mass is 32.1. The van der Waals surface area contributed by atoms with Gasteiger partial charge in [-0.1, -0.05) is 11.3 Å². The molecule has 1 N–H and O–H groups in total. The van der Waals surface area contributed by atoms with Crippen molar-refractivity contribution in [2.24, 2.45) is 0 Å². The third-order valence-electron chi connectivity index (χ3n) is 2.95. The molecule has 104 valence electrons. The Labute approximate surface area is 114 Å². The highest BCUT2D eigenvalue weighted by molar-refractivity contribution is 7.15. The Bertz CT molecular complexity index is 376. The first kappa shape index (κ1) is 15.4. The van der Waals surface area contributed by atoms with E-state index in [0.717, 1.165) is 28.8 Å². The van der Waals surface area contributed by atoms with E-state index >= 15 is 0 Å². The summed E-state index contributed by atoms with van der Waals surface area (Å²) in [5.74, 6) is 0. The van der Waals surface area contributed by atoms with Crippen LogP contribution in [0.15, 0.2) is 0 Å². The van der Waals surface area contributed by atoms with Crippen molar-refractivity contribution < 1.29 is 5.11 Å². The molecular formula is C13H25N3OS. The molecule has 2 unspecified atom stereocenters. The fraction of sp³-hybridized carbons (Fsp3) is 0.769. The van der Waals surface area contributed by atoms with Crippen LogP contribution in [-0.4, -0.2) is 48.2 Å². The van der Waals surface area contributed by atoms with Gasteiger partial charge in [0.1, 0.15) is 0 Å². The maximum atomic E-state index is 9.70. The van der Waals surface area contributed by atoms with E-state index in [1.807, 2.05) is 6.92 Å². The lowest BCUT2D eigenvalue weighted by Crippen LogP contribution is -2.40. The highest BCUT2D eigenvalue weighted by Crippen LogP contribution is 2.31. The number of thiazole rings is 1. The maximum Gasteiger partial charge on any atom is 0.186 e. The Kier molecular flexibility index (Phi) is 5.56. The Hall–Kier alpha value is -0.650. The molecule has 0 saturated carbocycles. The van der Waals surface area contributed by atoms with Crippen molar-refractivity contribution in [3.05, 3.63) is 10.6 Å². The Morgan fingerprint density at radius 2 is 1.94 bits per heavy atom. The summed E-state index contributed by atoms with van der Waals surface area (Å²) in [7, 11) is 4.16. The van der Waals surface area contributed by atoms with E-state index in [1.165, 1.54) is 0 Å². The van der Waals surface area contributed by atoms with Gasteiger partial charge >= 0.3 is 0 Å². The van der Waals surface area contributed by atoms with E-state index in [2.05, 4.69) is 42.7 Å². The molecule has 4 nitrogen and oxygen atoms in total. The van der Waals surface area contributed by atoms with Crippen molar-refractivity contribution in [3.63, 3.8) is 0 Å². The Morgan fingerprint density at radius 3 is 2.33 bits per heavy atom. The van der Waals surface area contributed by atoms with Crippen LogP contribution in [0.3, 0.4) is 0 Å². The monoisotopic (exact) mass is 271 g/mol. The smallest absolute Gasteiger partial charge is 0.186 e. The molecule has 1 rings (SSSR count). The first-order chi connectivity index (χ1) is 8.36. The topological polar surface area (TPSA) is 39.6 Å². The summed E-state index contributed by atoms with van der Waals surface area (Å²) in [5, 5.41) is 10.7. The van der Waals surface area contributed by atoms with Gasteiger partial charge in [-0.2, -0.15) is 0 Å². The van der Waals surface area contributed by atoms with Gasteiger partial charge in [0.05, 0.1) is 16.7 Å². The molecule has 1 aromatic rings. The third-order valence-corrected chi connectivity index (χ3v) is 4.31. The summed E-state index contributed by atoms with van der Waals surface area (Å²) < 4.78 is 0. The van der Waals surface area contributed by atoms with Gasteiger partial charge in [-0.15, -0.1) is 0 Å². The summed E-state index contributed by atoms with van der Waals surface area (Å²) in [4.78, 5) is 10.0. The van der Waals surface area contributed by atoms with Crippen LogP contribution in [0.25, 0.3) is 0 Å². The molecule has 1 aromatic heterocycles. The second-order valence-corrected chi connectivity index (χ2v) is 6.03. The van der Waals surface area contributed by atoms with Crippen molar-refractivity contribution in [1.29, 1.82) is 0 Å². The highest BCUT2D eigenvalue weighted by Gasteiger charge is 2.20. The first-order valence-electron chi connectivity index (χ1n) is 6.43. The number of rotatable bonds is 6. The van der Waals surface area contributed by atoms with E-state index in [0.29, 0.717) is 6.04 Å². The van der Waals surface area contributed by atoms with Gasteiger partial charge in [0, 0.05) is 19.1 Å². The van der Waals surface area contributed by atoms with Crippen molar-refractivity contribution in [2.45, 2.75) is 39.8 Å². The molecule has 1 heterocycles. The van der Waals surface area contributed by atoms with Gasteiger partial charge in [0.2, 0.25) is 0 Å². The number of likely N-dealkylation sites (N-methyl/N-ethyl adjacent to an activating group) is 2. The maximum absolute atomic E-state index is 9.70. The first-order valence-corrected chi connectivity index (χ1v) is 7.25. The van der Waals surface area contributed by atoms with Gasteiger partial charge in [0.25, 0.3) is 0 Å². The Morgan fingerprint density at radius 1 is 1.33 bits per heavy atom. The Balaban J connectivity index is 2.91. The average Bonchev–Trinajstić information content (AvgIpc) is 2.60. The van der Waals surface area contributed by atoms with Gasteiger partial charge in [-0.25, -0.2) is 4.98 Å². The SMILES string of the molecule is CCN(c1nc(C)c(C(C)O)s1)C(C)CN(C)C. The second kappa shape index (κ2) is 6.50. The van der Waals surface area contributed by atoms with Crippen LogP contribution >= 0.6 is 11.3 Å². The minimum atomic E-state index is -0.431. The number of hydrogen-bond donors (Lipinski definition) is 1. The zero-order valence-electron chi connectivity index (χ0n) is 12.3. The largest absolute Gasteiger partial charge is 0.388 e. The van der Waals surface area contributed by atoms with E-state index < -0.39 is 6.10 Å². The van der Waals surface area contributed by atoms with Crippen LogP contribution in [0.1, 0.15) is 37.4 Å². The van der Waals surface area contributed by atoms with Crippen LogP contribution in [0.2, 0.25) is 0 Å². The van der Waals surface area contributed by atoms with E-state index in [4.69, 9.17) is 0 Å². The summed E-state index contributed by atoms with van der Waals surface area (Å²) in [6, 6.07) is 0.414. The van der Waals surface area contributed by atoms with E-state index in [9.17, 15) is 5.11 Å². The van der Waals surface area contributed by atoms with Crippen LogP contribution in [0.4, 0.5) is 5.13 Å². The molecule has 0 aliphatic carbocycles. The molecule has 0 amide bonds. The molecule has 2 atom stereocenters. The van der Waals surface area contributed by atoms with Crippen molar-refractivity contribution in [3.8, 4) is 0 Å². The predicted octanol–water partition coefficient (Wildman–Crippen LogP) is 2.28. The fourth-order valence-electron chi connectivity index (χ4n) is 2.17. The number of aliphatic hydroxyl groups excluding tert-OH is 1. The number of aryl methyl sites for hydroxylation is 1. The molecule has 0 saturated heterocycles. The summed E-state index contributed by atoms with van der Waals surface area (Å²) >= 11 is 1.60. The van der Waals surface area contributed by atoms with Crippen molar-refractivity contribution >= 4 is 16.5 Å². The normalized spacial score (nSPS) is 14.9. The van der Waals surface area contributed by atoms with Crippen LogP contribution in [0.5, 0.6) is 0 Å². The van der Waals surface area contributed by atoms with Crippen molar-refractivity contribution in [1.82, 2.24) is 9.88 Å². The average molecular weight is 271 g/mol. The van der Waals surface area contributed by atoms with E-state index in [-0.39, 0.29) is 0 Å². The lowest BCUT2D eigenvalue weighted by molar-refractivity contribution is 0.202. The number of aromatic nitrogens is 1. The summed E-state index contributed by atoms with van der Waals surface area (Å²) in [5.41, 5.74) is 0.945. The molecule has 0 aliphatic heterocycles. The number of nitrogens with zero attached hydrogens (tertiary/aromatic N) is 3. The molecule has 0 aliphatic rings. The zero-order chi connectivity index (χ0) is 13.9. The molecule has 0 bridgehead atoms. The third kappa shape index (κ3) is 3.67. The molecule has 0 fully saturated rings. The second-order valence-electron chi connectivity index (χ2n) is 5.02. The molecule has 0 spiro atoms. The number of hydrogen-bond acceptors (Lipinski definition) is 5. The molecule has 18 heavy (non-hydrogen) atoms. The van der Waals surface area contributed by atoms with Crippen LogP contribution in [-0.2, 0) is 0 Å². The van der Waals surface area contributed by atoms with Crippen LogP contribution < -0.4 is 4.90 Å². The standard InChI is InChI=1S/C13H25N3OS/c1-7-16(9(2)8-15(5)6)13-14-10(3)12(18-13)11(4)17/h9,11,17H,7-8H2,1-6H3. The number of aliphatic hydroxyl groups is 1. The quantitative estimate of drug-likeness (QED) is 0.861. The summed E-state index contributed by atoms with van der Waals surface area (Å²) in [6.07, 6.45) is -0.431. The fourth-order valence-corrected chi connectivity index (χ4v) is 3.34. The van der Waals surface area contributed by atoms with Gasteiger partial charge < -0.3 is 14.9 Å². The van der Waals surface area contributed by atoms with E-state index in [1.54, 1.807) is 18.3 Å². The minimum Gasteiger partial charge on any atom is -0.388 e. The predicted molar refractivity (Wildman–Crippen MR) is 78.5 cm³/mol. The lowest BCUT2D eigenvalue weighted by atomic mass is 10.3. The summed E-state index contributed by atoms with van der Waals surface area (Å²) in [6.45, 7) is 10.0. The molecular weight excluding hydrogens is 246 g/mol. The molecule has 0 radical (unpaired) electrons. The zero-order valence-corrected chi connectivity index (χ0v) is 13.1. The molecule has 5 heteroatoms. The van der Waals surface area contributed by atoms with Gasteiger partial charge in [-0.05, 0) is 41.8 Å². The number of anilines is 1. The van der Waals surface area contributed by atoms with Crippen molar-refractivity contribution in [2.75, 3.05) is 32.1 Å². The minimum absolute atomic E-state index is 0.414. The van der Waals surface area contributed by atoms with Gasteiger partial charge in [0.15, 0.2) is 5.13 Å². The molecule has 0 aromatic carbocycles. The van der Waals surface area contributed by atoms with Crippen LogP contribution in [0, 0.1) is 6.92 Å². The lowest BCUT2D eigenvalue weighted by Gasteiger charge is -2.29.